The molecule has 1 aliphatic heterocycles. The molecule has 0 aliphatic carbocycles. The molecule has 0 amide bonds. The van der Waals surface area contributed by atoms with Crippen LogP contribution in [0.1, 0.15) is 40.2 Å². The summed E-state index contributed by atoms with van der Waals surface area (Å²) in [6.45, 7) is 4.95. The second-order valence-electron chi connectivity index (χ2n) is 9.62. The maximum Gasteiger partial charge on any atom is 0.264 e. The second-order valence-corrected chi connectivity index (χ2v) is 12.6. The van der Waals surface area contributed by atoms with Crippen molar-refractivity contribution in [3.63, 3.8) is 0 Å². The van der Waals surface area contributed by atoms with Crippen LogP contribution in [0.4, 0.5) is 0 Å². The number of halogens is 1. The predicted molar refractivity (Wildman–Crippen MR) is 150 cm³/mol. The van der Waals surface area contributed by atoms with Crippen molar-refractivity contribution in [2.24, 2.45) is 0 Å². The third-order valence-corrected chi connectivity index (χ3v) is 9.12. The maximum absolute atomic E-state index is 14.0. The van der Waals surface area contributed by atoms with Crippen LogP contribution in [0.15, 0.2) is 69.0 Å². The normalized spacial score (nSPS) is 14.8. The van der Waals surface area contributed by atoms with Crippen LogP contribution < -0.4 is 5.56 Å². The maximum atomic E-state index is 14.0. The van der Waals surface area contributed by atoms with E-state index in [4.69, 9.17) is 4.74 Å². The van der Waals surface area contributed by atoms with Gasteiger partial charge in [0.2, 0.25) is 5.78 Å². The van der Waals surface area contributed by atoms with E-state index >= 15 is 0 Å². The van der Waals surface area contributed by atoms with Crippen LogP contribution >= 0.6 is 39.0 Å². The molecular weight excluding hydrogens is 572 g/mol. The highest BCUT2D eigenvalue weighted by atomic mass is 79.9. The van der Waals surface area contributed by atoms with E-state index in [-0.39, 0.29) is 22.7 Å². The van der Waals surface area contributed by atoms with E-state index in [1.165, 1.54) is 11.8 Å². The summed E-state index contributed by atoms with van der Waals surface area (Å²) in [6, 6.07) is 17.2. The Balaban J connectivity index is 1.49. The van der Waals surface area contributed by atoms with Crippen molar-refractivity contribution in [2.75, 3.05) is 5.75 Å². The van der Waals surface area contributed by atoms with Gasteiger partial charge in [-0.3, -0.25) is 14.2 Å². The Hall–Kier alpha value is -2.79. The molecule has 0 spiro atoms. The predicted octanol–water partition coefficient (Wildman–Crippen LogP) is 5.74. The van der Waals surface area contributed by atoms with Crippen molar-refractivity contribution in [1.29, 1.82) is 0 Å². The molecule has 0 radical (unpaired) electrons. The molecule has 0 bridgehead atoms. The van der Waals surface area contributed by atoms with Gasteiger partial charge in [0, 0.05) is 21.3 Å². The van der Waals surface area contributed by atoms with Crippen LogP contribution in [-0.2, 0) is 24.3 Å². The number of carbonyl (C=O) groups is 1. The highest BCUT2D eigenvalue weighted by Gasteiger charge is 2.32. The molecule has 0 saturated heterocycles. The number of benzene rings is 2. The summed E-state index contributed by atoms with van der Waals surface area (Å²) in [4.78, 5) is 28.7. The zero-order chi connectivity index (χ0) is 25.7. The Labute approximate surface area is 229 Å². The largest absolute Gasteiger partial charge is 0.370 e. The molecule has 10 heteroatoms. The number of hydrogen-bond acceptors (Lipinski definition) is 7. The number of aromatic nitrogens is 4. The molecule has 0 saturated carbocycles. The lowest BCUT2D eigenvalue weighted by atomic mass is 9.94. The highest BCUT2D eigenvalue weighted by molar-refractivity contribution is 9.10. The van der Waals surface area contributed by atoms with Gasteiger partial charge in [-0.05, 0) is 37.1 Å². The quantitative estimate of drug-likeness (QED) is 0.184. The van der Waals surface area contributed by atoms with Crippen LogP contribution in [0.3, 0.4) is 0 Å². The van der Waals surface area contributed by atoms with Crippen molar-refractivity contribution in [3.8, 4) is 0 Å². The Morgan fingerprint density at radius 1 is 1.14 bits per heavy atom. The topological polar surface area (TPSA) is 78.5 Å². The standard InChI is InChI=1S/C27H23BrN4O3S2/c1-27(2)12-19-21(14-35-27)37-24-22(19)23(34)31(13-16-6-4-3-5-7-16)25-29-30-26(32(24)25)36-15-20(33)17-8-10-18(28)11-9-17/h3-11H,12-15H2,1-2H3. The monoisotopic (exact) mass is 594 g/mol. The number of carbonyl (C=O) groups excluding carboxylic acids is 1. The molecule has 6 rings (SSSR count). The van der Waals surface area contributed by atoms with Crippen molar-refractivity contribution in [2.45, 2.75) is 44.2 Å². The minimum absolute atomic E-state index is 0.00345. The average molecular weight is 596 g/mol. The van der Waals surface area contributed by atoms with Gasteiger partial charge in [0.25, 0.3) is 5.56 Å². The molecule has 0 fully saturated rings. The zero-order valence-corrected chi connectivity index (χ0v) is 23.5. The number of Topliss-reactive ketones (excluding diaryl/α,β-unsaturated/α-hetero) is 1. The Kier molecular flexibility index (Phi) is 6.30. The van der Waals surface area contributed by atoms with Gasteiger partial charge in [-0.1, -0.05) is 70.2 Å². The lowest BCUT2D eigenvalue weighted by Gasteiger charge is -2.29. The van der Waals surface area contributed by atoms with E-state index in [9.17, 15) is 9.59 Å². The summed E-state index contributed by atoms with van der Waals surface area (Å²) in [7, 11) is 0. The molecule has 7 nitrogen and oxygen atoms in total. The van der Waals surface area contributed by atoms with E-state index in [0.29, 0.717) is 41.5 Å². The third-order valence-electron chi connectivity index (χ3n) is 6.47. The first-order chi connectivity index (χ1) is 17.8. The first-order valence-corrected chi connectivity index (χ1v) is 14.4. The number of ketones is 1. The Bertz CT molecular complexity index is 1710. The molecule has 1 aliphatic rings. The summed E-state index contributed by atoms with van der Waals surface area (Å²) in [6.07, 6.45) is 0.654. The number of thioether (sulfide) groups is 1. The summed E-state index contributed by atoms with van der Waals surface area (Å²) in [5.74, 6) is 0.686. The number of fused-ring (bicyclic) bond motifs is 5. The molecular formula is C27H23BrN4O3S2. The summed E-state index contributed by atoms with van der Waals surface area (Å²) < 4.78 is 10.6. The molecule has 3 aromatic heterocycles. The van der Waals surface area contributed by atoms with Crippen molar-refractivity contribution in [1.82, 2.24) is 19.2 Å². The molecule has 2 aromatic carbocycles. The number of rotatable bonds is 6. The SMILES string of the molecule is CC1(C)Cc2c(sc3c2c(=O)n(Cc2ccccc2)c2nnc(SCC(=O)c4ccc(Br)cc4)n32)CO1. The van der Waals surface area contributed by atoms with Gasteiger partial charge in [0.1, 0.15) is 4.83 Å². The minimum Gasteiger partial charge on any atom is -0.370 e. The molecule has 188 valence electrons. The van der Waals surface area contributed by atoms with Gasteiger partial charge < -0.3 is 4.74 Å². The molecule has 37 heavy (non-hydrogen) atoms. The molecule has 0 unspecified atom stereocenters. The van der Waals surface area contributed by atoms with Crippen molar-refractivity contribution >= 4 is 60.8 Å². The fraction of sp³-hybridized carbons (Fsp3) is 0.259. The fourth-order valence-corrected chi connectivity index (χ4v) is 6.98. The van der Waals surface area contributed by atoms with Gasteiger partial charge in [0.05, 0.1) is 29.9 Å². The first-order valence-electron chi connectivity index (χ1n) is 11.8. The van der Waals surface area contributed by atoms with Crippen molar-refractivity contribution < 1.29 is 9.53 Å². The van der Waals surface area contributed by atoms with Gasteiger partial charge in [0.15, 0.2) is 10.9 Å². The third kappa shape index (κ3) is 4.56. The molecule has 0 atom stereocenters. The summed E-state index contributed by atoms with van der Waals surface area (Å²) in [5, 5.41) is 10.2. The van der Waals surface area contributed by atoms with Crippen LogP contribution in [0.2, 0.25) is 0 Å². The fourth-order valence-electron chi connectivity index (χ4n) is 4.61. The molecule has 0 N–H and O–H groups in total. The van der Waals surface area contributed by atoms with E-state index in [0.717, 1.165) is 25.3 Å². The van der Waals surface area contributed by atoms with E-state index in [2.05, 4.69) is 26.1 Å². The number of nitrogens with zero attached hydrogens (tertiary/aromatic N) is 4. The van der Waals surface area contributed by atoms with Crippen LogP contribution in [-0.4, -0.2) is 36.3 Å². The number of thiophene rings is 1. The molecule has 5 aromatic rings. The van der Waals surface area contributed by atoms with Crippen LogP contribution in [0, 0.1) is 0 Å². The van der Waals surface area contributed by atoms with E-state index in [1.54, 1.807) is 28.0 Å². The lowest BCUT2D eigenvalue weighted by molar-refractivity contribution is -0.0379. The van der Waals surface area contributed by atoms with Crippen LogP contribution in [0.5, 0.6) is 0 Å². The highest BCUT2D eigenvalue weighted by Crippen LogP contribution is 2.38. The second kappa shape index (κ2) is 9.50. The Morgan fingerprint density at radius 2 is 1.89 bits per heavy atom. The number of hydrogen-bond donors (Lipinski definition) is 0. The lowest BCUT2D eigenvalue weighted by Crippen LogP contribution is -2.32. The smallest absolute Gasteiger partial charge is 0.264 e. The average Bonchev–Trinajstić information content (AvgIpc) is 3.47. The van der Waals surface area contributed by atoms with E-state index < -0.39 is 0 Å². The summed E-state index contributed by atoms with van der Waals surface area (Å²) >= 11 is 6.29. The van der Waals surface area contributed by atoms with E-state index in [1.807, 2.05) is 60.7 Å². The van der Waals surface area contributed by atoms with Gasteiger partial charge >= 0.3 is 0 Å². The summed E-state index contributed by atoms with van der Waals surface area (Å²) in [5.41, 5.74) is 2.26. The molecule has 4 heterocycles. The zero-order valence-electron chi connectivity index (χ0n) is 20.2. The van der Waals surface area contributed by atoms with Crippen molar-refractivity contribution in [3.05, 3.63) is 91.0 Å². The van der Waals surface area contributed by atoms with Crippen LogP contribution in [0.25, 0.3) is 16.0 Å². The van der Waals surface area contributed by atoms with Gasteiger partial charge in [-0.2, -0.15) is 0 Å². The van der Waals surface area contributed by atoms with Gasteiger partial charge in [-0.25, -0.2) is 4.40 Å². The minimum atomic E-state index is -0.353. The Morgan fingerprint density at radius 3 is 2.65 bits per heavy atom. The first kappa shape index (κ1) is 24.5. The van der Waals surface area contributed by atoms with Gasteiger partial charge in [-0.15, -0.1) is 21.5 Å². The number of ether oxygens (including phenoxy) is 1.